The molecule has 0 heterocycles. The average molecular weight is 311 g/mol. The first-order valence-corrected chi connectivity index (χ1v) is 5.87. The third-order valence-corrected chi connectivity index (χ3v) is 2.64. The molecule has 0 radical (unpaired) electrons. The number of Topliss-reactive ketones (excluding diaryl/α,β-unsaturated/α-hetero) is 1. The largest absolute Gasteiger partial charge is 0.573 e. The van der Waals surface area contributed by atoms with Crippen LogP contribution in [0.5, 0.6) is 5.75 Å². The van der Waals surface area contributed by atoms with Gasteiger partial charge >= 0.3 is 6.36 Å². The molecule has 6 heteroatoms. The molecule has 0 bridgehead atoms. The lowest BCUT2D eigenvalue weighted by molar-refractivity contribution is -0.274. The summed E-state index contributed by atoms with van der Waals surface area (Å²) >= 11 is 3.02. The molecule has 0 spiro atoms. The molecular weight excluding hydrogens is 301 g/mol. The number of halogens is 4. The zero-order valence-electron chi connectivity index (χ0n) is 8.97. The van der Waals surface area contributed by atoms with Crippen LogP contribution in [0, 0.1) is 6.92 Å². The number of ketones is 1. The number of ether oxygens (including phenoxy) is 1. The van der Waals surface area contributed by atoms with Gasteiger partial charge in [-0.05, 0) is 24.1 Å². The molecule has 0 atom stereocenters. The summed E-state index contributed by atoms with van der Waals surface area (Å²) in [6.07, 6.45) is -4.50. The summed E-state index contributed by atoms with van der Waals surface area (Å²) in [6, 6.07) is 4.19. The summed E-state index contributed by atoms with van der Waals surface area (Å²) < 4.78 is 39.8. The normalized spacial score (nSPS) is 11.4. The summed E-state index contributed by atoms with van der Waals surface area (Å²) in [5.41, 5.74) is 1.02. The molecular formula is C11H10BrF3O2. The lowest BCUT2D eigenvalue weighted by Crippen LogP contribution is -2.17. The van der Waals surface area contributed by atoms with E-state index < -0.39 is 6.36 Å². The Hall–Kier alpha value is -1.04. The molecule has 0 N–H and O–H groups in total. The van der Waals surface area contributed by atoms with Gasteiger partial charge in [-0.1, -0.05) is 28.1 Å². The van der Waals surface area contributed by atoms with Crippen molar-refractivity contribution in [2.45, 2.75) is 19.7 Å². The highest BCUT2D eigenvalue weighted by atomic mass is 79.9. The summed E-state index contributed by atoms with van der Waals surface area (Å²) in [4.78, 5) is 11.1. The maximum absolute atomic E-state index is 12.0. The number of carbonyl (C=O) groups is 1. The summed E-state index contributed by atoms with van der Waals surface area (Å²) in [5, 5.41) is 0.229. The predicted octanol–water partition coefficient (Wildman–Crippen LogP) is 3.40. The number of benzene rings is 1. The summed E-state index contributed by atoms with van der Waals surface area (Å²) in [7, 11) is 0. The molecule has 0 fully saturated rings. The van der Waals surface area contributed by atoms with E-state index in [-0.39, 0.29) is 23.3 Å². The Kier molecular flexibility index (Phi) is 4.56. The molecule has 1 rings (SSSR count). The van der Waals surface area contributed by atoms with Crippen molar-refractivity contribution in [3.63, 3.8) is 0 Å². The van der Waals surface area contributed by atoms with Crippen molar-refractivity contribution in [2.24, 2.45) is 0 Å². The number of alkyl halides is 4. The van der Waals surface area contributed by atoms with Gasteiger partial charge in [0.05, 0.1) is 5.33 Å². The topological polar surface area (TPSA) is 26.3 Å². The van der Waals surface area contributed by atoms with Gasteiger partial charge in [0.25, 0.3) is 0 Å². The third-order valence-electron chi connectivity index (χ3n) is 2.02. The predicted molar refractivity (Wildman–Crippen MR) is 60.4 cm³/mol. The lowest BCUT2D eigenvalue weighted by Gasteiger charge is -2.12. The van der Waals surface area contributed by atoms with Crippen LogP contribution in [0.3, 0.4) is 0 Å². The smallest absolute Gasteiger partial charge is 0.406 e. The second-order valence-electron chi connectivity index (χ2n) is 3.50. The third kappa shape index (κ3) is 4.77. The standard InChI is InChI=1S/C11H10BrF3O2/c1-7-4-8(5-9(16)6-12)2-3-10(7)17-11(13,14)15/h2-4H,5-6H2,1H3. The minimum atomic E-state index is -4.70. The van der Waals surface area contributed by atoms with E-state index in [4.69, 9.17) is 0 Å². The maximum atomic E-state index is 12.0. The Morgan fingerprint density at radius 3 is 2.53 bits per heavy atom. The first-order valence-electron chi connectivity index (χ1n) is 4.75. The van der Waals surface area contributed by atoms with E-state index >= 15 is 0 Å². The molecule has 0 aliphatic heterocycles. The molecule has 0 aromatic heterocycles. The molecule has 1 aromatic carbocycles. The van der Waals surface area contributed by atoms with Crippen LogP contribution in [0.1, 0.15) is 11.1 Å². The van der Waals surface area contributed by atoms with Crippen LogP contribution in [0.2, 0.25) is 0 Å². The van der Waals surface area contributed by atoms with Gasteiger partial charge in [0.2, 0.25) is 0 Å². The van der Waals surface area contributed by atoms with Gasteiger partial charge in [-0.3, -0.25) is 4.79 Å². The number of hydrogen-bond acceptors (Lipinski definition) is 2. The Labute approximate surface area is 105 Å². The molecule has 0 saturated carbocycles. The number of aryl methyl sites for hydroxylation is 1. The zero-order valence-corrected chi connectivity index (χ0v) is 10.6. The molecule has 0 saturated heterocycles. The van der Waals surface area contributed by atoms with Crippen LogP contribution in [-0.4, -0.2) is 17.5 Å². The molecule has 0 aliphatic rings. The van der Waals surface area contributed by atoms with Crippen LogP contribution < -0.4 is 4.74 Å². The molecule has 0 unspecified atom stereocenters. The van der Waals surface area contributed by atoms with Crippen LogP contribution in [0.4, 0.5) is 13.2 Å². The van der Waals surface area contributed by atoms with Crippen LogP contribution in [-0.2, 0) is 11.2 Å². The summed E-state index contributed by atoms with van der Waals surface area (Å²) in [5.74, 6) is -0.276. The van der Waals surface area contributed by atoms with Gasteiger partial charge in [-0.15, -0.1) is 13.2 Å². The number of rotatable bonds is 4. The van der Waals surface area contributed by atoms with E-state index in [2.05, 4.69) is 20.7 Å². The van der Waals surface area contributed by atoms with Gasteiger partial charge in [0, 0.05) is 6.42 Å². The fourth-order valence-corrected chi connectivity index (χ4v) is 1.53. The van der Waals surface area contributed by atoms with Crippen molar-refractivity contribution in [1.29, 1.82) is 0 Å². The zero-order chi connectivity index (χ0) is 13.1. The lowest BCUT2D eigenvalue weighted by atomic mass is 10.1. The first kappa shape index (κ1) is 14.0. The second-order valence-corrected chi connectivity index (χ2v) is 4.06. The van der Waals surface area contributed by atoms with Gasteiger partial charge in [0.15, 0.2) is 0 Å². The van der Waals surface area contributed by atoms with Crippen molar-refractivity contribution in [3.8, 4) is 5.75 Å². The molecule has 0 amide bonds. The molecule has 0 aliphatic carbocycles. The van der Waals surface area contributed by atoms with Gasteiger partial charge in [0.1, 0.15) is 11.5 Å². The number of carbonyl (C=O) groups excluding carboxylic acids is 1. The highest BCUT2D eigenvalue weighted by Crippen LogP contribution is 2.26. The fourth-order valence-electron chi connectivity index (χ4n) is 1.34. The Morgan fingerprint density at radius 1 is 1.41 bits per heavy atom. The van der Waals surface area contributed by atoms with E-state index in [1.54, 1.807) is 0 Å². The fraction of sp³-hybridized carbons (Fsp3) is 0.364. The highest BCUT2D eigenvalue weighted by Gasteiger charge is 2.31. The second kappa shape index (κ2) is 5.53. The van der Waals surface area contributed by atoms with Crippen LogP contribution >= 0.6 is 15.9 Å². The van der Waals surface area contributed by atoms with E-state index in [0.29, 0.717) is 11.1 Å². The monoisotopic (exact) mass is 310 g/mol. The Morgan fingerprint density at radius 2 is 2.06 bits per heavy atom. The Balaban J connectivity index is 2.83. The first-order chi connectivity index (χ1) is 7.81. The van der Waals surface area contributed by atoms with E-state index in [1.807, 2.05) is 0 Å². The van der Waals surface area contributed by atoms with Gasteiger partial charge < -0.3 is 4.74 Å². The van der Waals surface area contributed by atoms with E-state index in [0.717, 1.165) is 0 Å². The SMILES string of the molecule is Cc1cc(CC(=O)CBr)ccc1OC(F)(F)F. The molecule has 1 aromatic rings. The molecule has 17 heavy (non-hydrogen) atoms. The maximum Gasteiger partial charge on any atom is 0.573 e. The minimum Gasteiger partial charge on any atom is -0.406 e. The van der Waals surface area contributed by atoms with Crippen LogP contribution in [0.25, 0.3) is 0 Å². The molecule has 94 valence electrons. The Bertz CT molecular complexity index is 416. The van der Waals surface area contributed by atoms with Crippen molar-refractivity contribution in [2.75, 3.05) is 5.33 Å². The van der Waals surface area contributed by atoms with E-state index in [1.165, 1.54) is 25.1 Å². The van der Waals surface area contributed by atoms with Crippen molar-refractivity contribution < 1.29 is 22.7 Å². The quantitative estimate of drug-likeness (QED) is 0.797. The van der Waals surface area contributed by atoms with E-state index in [9.17, 15) is 18.0 Å². The molecule has 2 nitrogen and oxygen atoms in total. The van der Waals surface area contributed by atoms with Crippen LogP contribution in [0.15, 0.2) is 18.2 Å². The van der Waals surface area contributed by atoms with Crippen molar-refractivity contribution in [3.05, 3.63) is 29.3 Å². The number of hydrogen-bond donors (Lipinski definition) is 0. The average Bonchev–Trinajstić information content (AvgIpc) is 2.20. The van der Waals surface area contributed by atoms with Gasteiger partial charge in [-0.25, -0.2) is 0 Å². The summed E-state index contributed by atoms with van der Waals surface area (Å²) in [6.45, 7) is 1.50. The van der Waals surface area contributed by atoms with Gasteiger partial charge in [-0.2, -0.15) is 0 Å². The van der Waals surface area contributed by atoms with Crippen molar-refractivity contribution in [1.82, 2.24) is 0 Å². The minimum absolute atomic E-state index is 0.0334. The van der Waals surface area contributed by atoms with Crippen molar-refractivity contribution >= 4 is 21.7 Å². The highest BCUT2D eigenvalue weighted by molar-refractivity contribution is 9.09.